The molecule has 2 atom stereocenters. The molecule has 1 saturated heterocycles. The molecule has 27 heavy (non-hydrogen) atoms. The van der Waals surface area contributed by atoms with Crippen molar-refractivity contribution in [3.05, 3.63) is 28.3 Å². The zero-order chi connectivity index (χ0) is 20.0. The number of anilines is 1. The first-order valence-corrected chi connectivity index (χ1v) is 8.64. The summed E-state index contributed by atoms with van der Waals surface area (Å²) in [7, 11) is 3.15. The molecule has 0 spiro atoms. The second-order valence-electron chi connectivity index (χ2n) is 6.37. The molecule has 1 aromatic rings. The van der Waals surface area contributed by atoms with Crippen LogP contribution in [0.1, 0.15) is 6.92 Å². The minimum Gasteiger partial charge on any atom is -0.494 e. The molecular formula is C17H25N4O6+. The zero-order valence-corrected chi connectivity index (χ0v) is 15.7. The number of likely N-dealkylation sites (N-methyl/N-ethyl adjacent to an activating group) is 1. The lowest BCUT2D eigenvalue weighted by atomic mass is 10.2. The minimum absolute atomic E-state index is 0.0247. The Hall–Kier alpha value is -2.72. The monoisotopic (exact) mass is 381 g/mol. The van der Waals surface area contributed by atoms with Crippen LogP contribution in [-0.2, 0) is 14.3 Å². The molecule has 1 unspecified atom stereocenters. The van der Waals surface area contributed by atoms with Gasteiger partial charge in [0.2, 0.25) is 0 Å². The standard InChI is InChI=1S/C17H24N4O6/c1-12(19(2)11-16(22)20-6-8-27-9-7-20)17(23)18-14-5-4-13(21(24)25)10-15(14)26-3/h4-5,10,12H,6-9,11H2,1-3H3,(H,18,23)/p+1/t12-/m0/s1. The number of morpholine rings is 1. The Labute approximate surface area is 157 Å². The van der Waals surface area contributed by atoms with Crippen LogP contribution < -0.4 is 15.0 Å². The predicted molar refractivity (Wildman–Crippen MR) is 96.9 cm³/mol. The first-order valence-electron chi connectivity index (χ1n) is 8.64. The molecule has 2 amide bonds. The highest BCUT2D eigenvalue weighted by molar-refractivity contribution is 5.95. The van der Waals surface area contributed by atoms with Crippen LogP contribution in [0.5, 0.6) is 5.75 Å². The number of hydrogen-bond donors (Lipinski definition) is 2. The summed E-state index contributed by atoms with van der Waals surface area (Å²) in [5, 5.41) is 13.6. The number of rotatable bonds is 7. The number of benzene rings is 1. The van der Waals surface area contributed by atoms with Crippen LogP contribution in [0.4, 0.5) is 11.4 Å². The Kier molecular flexibility index (Phi) is 7.08. The highest BCUT2D eigenvalue weighted by Crippen LogP contribution is 2.28. The highest BCUT2D eigenvalue weighted by atomic mass is 16.6. The lowest BCUT2D eigenvalue weighted by molar-refractivity contribution is -0.886. The van der Waals surface area contributed by atoms with Crippen LogP contribution in [-0.4, -0.2) is 74.7 Å². The third-order valence-corrected chi connectivity index (χ3v) is 4.58. The van der Waals surface area contributed by atoms with Crippen molar-refractivity contribution in [1.29, 1.82) is 0 Å². The Morgan fingerprint density at radius 1 is 1.41 bits per heavy atom. The number of nitrogens with one attached hydrogen (secondary N) is 2. The van der Waals surface area contributed by atoms with E-state index in [1.807, 2.05) is 0 Å². The van der Waals surface area contributed by atoms with E-state index in [0.717, 1.165) is 4.90 Å². The van der Waals surface area contributed by atoms with E-state index in [0.29, 0.717) is 32.0 Å². The Morgan fingerprint density at radius 2 is 2.07 bits per heavy atom. The Bertz CT molecular complexity index is 705. The van der Waals surface area contributed by atoms with Crippen LogP contribution in [0.25, 0.3) is 0 Å². The van der Waals surface area contributed by atoms with E-state index in [4.69, 9.17) is 9.47 Å². The van der Waals surface area contributed by atoms with Crippen molar-refractivity contribution in [1.82, 2.24) is 4.90 Å². The van der Waals surface area contributed by atoms with Crippen molar-refractivity contribution < 1.29 is 28.9 Å². The minimum atomic E-state index is -0.536. The Morgan fingerprint density at radius 3 is 2.67 bits per heavy atom. The molecule has 0 aromatic heterocycles. The largest absolute Gasteiger partial charge is 0.494 e. The summed E-state index contributed by atoms with van der Waals surface area (Å²) in [4.78, 5) is 37.6. The topological polar surface area (TPSA) is 115 Å². The van der Waals surface area contributed by atoms with Crippen LogP contribution in [0.15, 0.2) is 18.2 Å². The molecule has 1 fully saturated rings. The van der Waals surface area contributed by atoms with Crippen LogP contribution in [0.2, 0.25) is 0 Å². The number of ether oxygens (including phenoxy) is 2. The van der Waals surface area contributed by atoms with Gasteiger partial charge in [0.1, 0.15) is 5.75 Å². The van der Waals surface area contributed by atoms with E-state index in [9.17, 15) is 19.7 Å². The van der Waals surface area contributed by atoms with Crippen molar-refractivity contribution in [3.8, 4) is 5.75 Å². The van der Waals surface area contributed by atoms with Gasteiger partial charge in [0.05, 0.1) is 44.0 Å². The average molecular weight is 381 g/mol. The molecule has 10 heteroatoms. The van der Waals surface area contributed by atoms with Gasteiger partial charge in [0.15, 0.2) is 12.6 Å². The van der Waals surface area contributed by atoms with Gasteiger partial charge in [-0.3, -0.25) is 19.7 Å². The number of amides is 2. The summed E-state index contributed by atoms with van der Waals surface area (Å²) in [6, 6.07) is 3.46. The average Bonchev–Trinajstić information content (AvgIpc) is 2.67. The highest BCUT2D eigenvalue weighted by Gasteiger charge is 2.27. The van der Waals surface area contributed by atoms with Gasteiger partial charge >= 0.3 is 0 Å². The van der Waals surface area contributed by atoms with Gasteiger partial charge < -0.3 is 24.6 Å². The number of non-ortho nitro benzene ring substituents is 1. The van der Waals surface area contributed by atoms with E-state index in [1.54, 1.807) is 18.9 Å². The van der Waals surface area contributed by atoms with Crippen molar-refractivity contribution in [2.45, 2.75) is 13.0 Å². The molecule has 1 aliphatic heterocycles. The van der Waals surface area contributed by atoms with E-state index in [1.165, 1.54) is 25.3 Å². The van der Waals surface area contributed by atoms with Gasteiger partial charge in [-0.05, 0) is 13.0 Å². The lowest BCUT2D eigenvalue weighted by Crippen LogP contribution is -3.15. The lowest BCUT2D eigenvalue weighted by Gasteiger charge is -2.28. The fraction of sp³-hybridized carbons (Fsp3) is 0.529. The number of carbonyl (C=O) groups excluding carboxylic acids is 2. The summed E-state index contributed by atoms with van der Waals surface area (Å²) in [5.74, 6) is -0.135. The third kappa shape index (κ3) is 5.38. The maximum Gasteiger partial charge on any atom is 0.282 e. The summed E-state index contributed by atoms with van der Waals surface area (Å²) >= 11 is 0. The maximum atomic E-state index is 12.5. The molecule has 0 aliphatic carbocycles. The molecule has 1 aromatic carbocycles. The van der Waals surface area contributed by atoms with Crippen molar-refractivity contribution >= 4 is 23.2 Å². The van der Waals surface area contributed by atoms with E-state index >= 15 is 0 Å². The van der Waals surface area contributed by atoms with Gasteiger partial charge in [0, 0.05) is 19.2 Å². The van der Waals surface area contributed by atoms with E-state index in [2.05, 4.69) is 5.32 Å². The number of quaternary nitrogens is 1. The molecule has 0 radical (unpaired) electrons. The van der Waals surface area contributed by atoms with Crippen LogP contribution in [0, 0.1) is 10.1 Å². The summed E-state index contributed by atoms with van der Waals surface area (Å²) < 4.78 is 10.4. The van der Waals surface area contributed by atoms with Gasteiger partial charge in [-0.2, -0.15) is 0 Å². The molecule has 2 N–H and O–H groups in total. The fourth-order valence-corrected chi connectivity index (χ4v) is 2.68. The number of nitrogens with zero attached hydrogens (tertiary/aromatic N) is 2. The predicted octanol–water partition coefficient (Wildman–Crippen LogP) is -0.696. The number of carbonyl (C=O) groups is 2. The first kappa shape index (κ1) is 20.6. The molecule has 10 nitrogen and oxygen atoms in total. The maximum absolute atomic E-state index is 12.5. The second kappa shape index (κ2) is 9.28. The third-order valence-electron chi connectivity index (χ3n) is 4.58. The molecular weight excluding hydrogens is 356 g/mol. The number of methoxy groups -OCH3 is 1. The Balaban J connectivity index is 1.98. The van der Waals surface area contributed by atoms with Gasteiger partial charge in [-0.1, -0.05) is 0 Å². The van der Waals surface area contributed by atoms with Crippen LogP contribution in [0.3, 0.4) is 0 Å². The van der Waals surface area contributed by atoms with E-state index < -0.39 is 11.0 Å². The molecule has 0 bridgehead atoms. The quantitative estimate of drug-likeness (QED) is 0.477. The summed E-state index contributed by atoms with van der Waals surface area (Å²) in [6.45, 7) is 4.09. The number of nitro benzene ring substituents is 1. The van der Waals surface area contributed by atoms with Crippen molar-refractivity contribution in [3.63, 3.8) is 0 Å². The number of nitro groups is 1. The van der Waals surface area contributed by atoms with Gasteiger partial charge in [-0.25, -0.2) is 0 Å². The SMILES string of the molecule is COc1cc([N+](=O)[O-])ccc1NC(=O)[C@H](C)[NH+](C)CC(=O)N1CCOCC1. The zero-order valence-electron chi connectivity index (χ0n) is 15.7. The fourth-order valence-electron chi connectivity index (χ4n) is 2.68. The first-order chi connectivity index (χ1) is 12.8. The van der Waals surface area contributed by atoms with Gasteiger partial charge in [0.25, 0.3) is 17.5 Å². The normalized spacial score (nSPS) is 16.3. The molecule has 0 saturated carbocycles. The molecule has 1 heterocycles. The van der Waals surface area contributed by atoms with Crippen molar-refractivity contribution in [2.24, 2.45) is 0 Å². The summed E-state index contributed by atoms with van der Waals surface area (Å²) in [5.41, 5.74) is 0.212. The molecule has 2 rings (SSSR count). The van der Waals surface area contributed by atoms with Gasteiger partial charge in [-0.15, -0.1) is 0 Å². The summed E-state index contributed by atoms with van der Waals surface area (Å²) in [6.07, 6.45) is 0. The smallest absolute Gasteiger partial charge is 0.282 e. The van der Waals surface area contributed by atoms with Crippen molar-refractivity contribution in [2.75, 3.05) is 52.3 Å². The second-order valence-corrected chi connectivity index (χ2v) is 6.37. The molecule has 148 valence electrons. The number of hydrogen-bond acceptors (Lipinski definition) is 6. The van der Waals surface area contributed by atoms with Crippen LogP contribution >= 0.6 is 0 Å². The van der Waals surface area contributed by atoms with E-state index in [-0.39, 0.29) is 29.8 Å². The molecule has 1 aliphatic rings.